The lowest BCUT2D eigenvalue weighted by molar-refractivity contribution is 0.102. The van der Waals surface area contributed by atoms with E-state index in [0.29, 0.717) is 23.2 Å². The summed E-state index contributed by atoms with van der Waals surface area (Å²) in [5.74, 6) is 1.10. The molecule has 2 fully saturated rings. The zero-order chi connectivity index (χ0) is 22.5. The molecule has 0 atom stereocenters. The first kappa shape index (κ1) is 21.2. The van der Waals surface area contributed by atoms with Crippen LogP contribution in [-0.4, -0.2) is 58.3 Å². The molecule has 0 bridgehead atoms. The van der Waals surface area contributed by atoms with Crippen LogP contribution in [0.25, 0.3) is 0 Å². The van der Waals surface area contributed by atoms with Gasteiger partial charge < -0.3 is 26.2 Å². The van der Waals surface area contributed by atoms with Crippen molar-refractivity contribution in [1.29, 1.82) is 0 Å². The summed E-state index contributed by atoms with van der Waals surface area (Å²) in [7, 11) is 0. The van der Waals surface area contributed by atoms with Gasteiger partial charge in [-0.15, -0.1) is 0 Å². The maximum atomic E-state index is 12.9. The molecular weight excluding hydrogens is 418 g/mol. The lowest BCUT2D eigenvalue weighted by Gasteiger charge is -2.29. The van der Waals surface area contributed by atoms with Crippen molar-refractivity contribution in [3.63, 3.8) is 0 Å². The number of hydrogen-bond acceptors (Lipinski definition) is 8. The normalized spacial score (nSPS) is 16.5. The SMILES string of the molecule is O=C(Nc1ccc(N2CCNCC2)cc1)c1[nH]ncc1Nc1cc(NC2CCCC2)ncn1. The van der Waals surface area contributed by atoms with Gasteiger partial charge >= 0.3 is 0 Å². The van der Waals surface area contributed by atoms with Gasteiger partial charge in [0, 0.05) is 49.7 Å². The molecule has 33 heavy (non-hydrogen) atoms. The van der Waals surface area contributed by atoms with Gasteiger partial charge in [-0.2, -0.15) is 5.10 Å². The van der Waals surface area contributed by atoms with Crippen LogP contribution >= 0.6 is 0 Å². The van der Waals surface area contributed by atoms with E-state index in [4.69, 9.17) is 0 Å². The second-order valence-corrected chi connectivity index (χ2v) is 8.44. The summed E-state index contributed by atoms with van der Waals surface area (Å²) in [5.41, 5.74) is 2.77. The van der Waals surface area contributed by atoms with E-state index in [9.17, 15) is 4.79 Å². The highest BCUT2D eigenvalue weighted by Gasteiger charge is 2.17. The van der Waals surface area contributed by atoms with E-state index in [1.165, 1.54) is 19.2 Å². The molecule has 5 rings (SSSR count). The number of hydrogen-bond donors (Lipinski definition) is 5. The summed E-state index contributed by atoms with van der Waals surface area (Å²) in [6.07, 6.45) is 7.91. The van der Waals surface area contributed by atoms with Crippen LogP contribution in [0.4, 0.5) is 28.7 Å². The monoisotopic (exact) mass is 447 g/mol. The number of nitrogens with zero attached hydrogens (tertiary/aromatic N) is 4. The molecule has 3 aromatic rings. The number of amides is 1. The van der Waals surface area contributed by atoms with Crippen LogP contribution in [0.1, 0.15) is 36.2 Å². The van der Waals surface area contributed by atoms with Crippen LogP contribution in [0.5, 0.6) is 0 Å². The maximum absolute atomic E-state index is 12.9. The number of piperazine rings is 1. The largest absolute Gasteiger partial charge is 0.369 e. The van der Waals surface area contributed by atoms with Crippen molar-refractivity contribution in [3.8, 4) is 0 Å². The number of rotatable bonds is 7. The van der Waals surface area contributed by atoms with Gasteiger partial charge in [0.1, 0.15) is 23.7 Å². The molecule has 1 aliphatic heterocycles. The molecule has 2 aromatic heterocycles. The molecule has 0 radical (unpaired) electrons. The minimum atomic E-state index is -0.275. The Labute approximate surface area is 192 Å². The van der Waals surface area contributed by atoms with Gasteiger partial charge in [0.15, 0.2) is 0 Å². The number of benzene rings is 1. The number of anilines is 5. The van der Waals surface area contributed by atoms with E-state index >= 15 is 0 Å². The summed E-state index contributed by atoms with van der Waals surface area (Å²) in [6.45, 7) is 3.93. The highest BCUT2D eigenvalue weighted by Crippen LogP contribution is 2.24. The van der Waals surface area contributed by atoms with Crippen LogP contribution < -0.4 is 26.2 Å². The molecule has 0 unspecified atom stereocenters. The molecule has 3 heterocycles. The van der Waals surface area contributed by atoms with Gasteiger partial charge in [0.05, 0.1) is 11.9 Å². The van der Waals surface area contributed by atoms with E-state index in [1.54, 1.807) is 6.20 Å². The van der Waals surface area contributed by atoms with Crippen LogP contribution in [0.15, 0.2) is 42.9 Å². The smallest absolute Gasteiger partial charge is 0.275 e. The number of carbonyl (C=O) groups is 1. The Morgan fingerprint density at radius 3 is 2.58 bits per heavy atom. The lowest BCUT2D eigenvalue weighted by atomic mass is 10.2. The molecule has 10 heteroatoms. The highest BCUT2D eigenvalue weighted by molar-refractivity contribution is 6.06. The Balaban J connectivity index is 1.22. The number of aromatic nitrogens is 4. The molecule has 5 N–H and O–H groups in total. The standard InChI is InChI=1S/C23H29N9O/c33-23(29-17-5-7-18(8-6-17)32-11-9-24-10-12-32)22-19(14-27-31-22)30-21-13-20(25-15-26-21)28-16-3-1-2-4-16/h5-8,13-16,24H,1-4,9-12H2,(H,27,31)(H,29,33)(H2,25,26,28,30). The molecule has 1 amide bonds. The van der Waals surface area contributed by atoms with Crippen LogP contribution in [0, 0.1) is 0 Å². The Bertz CT molecular complexity index is 1070. The summed E-state index contributed by atoms with van der Waals surface area (Å²) in [5, 5.41) is 19.8. The summed E-state index contributed by atoms with van der Waals surface area (Å²) in [6, 6.07) is 10.2. The molecule has 1 saturated heterocycles. The van der Waals surface area contributed by atoms with E-state index in [2.05, 4.69) is 46.3 Å². The van der Waals surface area contributed by atoms with Crippen molar-refractivity contribution in [1.82, 2.24) is 25.5 Å². The molecule has 0 spiro atoms. The van der Waals surface area contributed by atoms with Gasteiger partial charge in [0.2, 0.25) is 0 Å². The third-order valence-electron chi connectivity index (χ3n) is 6.11. The molecule has 172 valence electrons. The van der Waals surface area contributed by atoms with Gasteiger partial charge in [-0.1, -0.05) is 12.8 Å². The number of aromatic amines is 1. The van der Waals surface area contributed by atoms with Crippen LogP contribution in [-0.2, 0) is 0 Å². The van der Waals surface area contributed by atoms with Crippen molar-refractivity contribution in [2.45, 2.75) is 31.7 Å². The second kappa shape index (κ2) is 9.86. The molecular formula is C23H29N9O. The number of nitrogens with one attached hydrogen (secondary N) is 5. The fourth-order valence-electron chi connectivity index (χ4n) is 4.35. The number of carbonyl (C=O) groups excluding carboxylic acids is 1. The zero-order valence-electron chi connectivity index (χ0n) is 18.5. The van der Waals surface area contributed by atoms with Gasteiger partial charge in [0.25, 0.3) is 5.91 Å². The molecule has 2 aliphatic rings. The molecule has 1 aromatic carbocycles. The van der Waals surface area contributed by atoms with Gasteiger partial charge in [-0.25, -0.2) is 9.97 Å². The Morgan fingerprint density at radius 1 is 1.03 bits per heavy atom. The van der Waals surface area contributed by atoms with E-state index in [-0.39, 0.29) is 5.91 Å². The topological polar surface area (TPSA) is 123 Å². The molecule has 1 saturated carbocycles. The fourth-order valence-corrected chi connectivity index (χ4v) is 4.35. The Morgan fingerprint density at radius 2 is 1.79 bits per heavy atom. The van der Waals surface area contributed by atoms with E-state index < -0.39 is 0 Å². The average molecular weight is 448 g/mol. The third kappa shape index (κ3) is 5.23. The van der Waals surface area contributed by atoms with E-state index in [0.717, 1.165) is 56.2 Å². The van der Waals surface area contributed by atoms with Crippen LogP contribution in [0.2, 0.25) is 0 Å². The van der Waals surface area contributed by atoms with Crippen molar-refractivity contribution in [2.24, 2.45) is 0 Å². The first-order chi connectivity index (χ1) is 16.2. The minimum absolute atomic E-state index is 0.275. The fraction of sp³-hybridized carbons (Fsp3) is 0.391. The summed E-state index contributed by atoms with van der Waals surface area (Å²) >= 11 is 0. The van der Waals surface area contributed by atoms with Crippen molar-refractivity contribution >= 4 is 34.6 Å². The summed E-state index contributed by atoms with van der Waals surface area (Å²) < 4.78 is 0. The predicted octanol–water partition coefficient (Wildman–Crippen LogP) is 2.96. The molecule has 10 nitrogen and oxygen atoms in total. The van der Waals surface area contributed by atoms with Gasteiger partial charge in [-0.05, 0) is 37.1 Å². The average Bonchev–Trinajstić information content (AvgIpc) is 3.53. The quantitative estimate of drug-likeness (QED) is 0.375. The molecule has 1 aliphatic carbocycles. The Hall–Kier alpha value is -3.66. The maximum Gasteiger partial charge on any atom is 0.275 e. The zero-order valence-corrected chi connectivity index (χ0v) is 18.5. The number of H-pyrrole nitrogens is 1. The lowest BCUT2D eigenvalue weighted by Crippen LogP contribution is -2.43. The van der Waals surface area contributed by atoms with E-state index in [1.807, 2.05) is 30.3 Å². The van der Waals surface area contributed by atoms with Crippen molar-refractivity contribution in [3.05, 3.63) is 48.5 Å². The van der Waals surface area contributed by atoms with Crippen molar-refractivity contribution < 1.29 is 4.79 Å². The third-order valence-corrected chi connectivity index (χ3v) is 6.11. The second-order valence-electron chi connectivity index (χ2n) is 8.44. The van der Waals surface area contributed by atoms with Crippen molar-refractivity contribution in [2.75, 3.05) is 47.0 Å². The minimum Gasteiger partial charge on any atom is -0.369 e. The highest BCUT2D eigenvalue weighted by atomic mass is 16.2. The van der Waals surface area contributed by atoms with Gasteiger partial charge in [-0.3, -0.25) is 9.89 Å². The first-order valence-electron chi connectivity index (χ1n) is 11.5. The first-order valence-corrected chi connectivity index (χ1v) is 11.5. The predicted molar refractivity (Wildman–Crippen MR) is 129 cm³/mol. The Kier molecular flexibility index (Phi) is 6.34. The summed E-state index contributed by atoms with van der Waals surface area (Å²) in [4.78, 5) is 23.8. The van der Waals surface area contributed by atoms with Crippen LogP contribution in [0.3, 0.4) is 0 Å².